The van der Waals surface area contributed by atoms with Crippen molar-refractivity contribution < 1.29 is 4.52 Å². The summed E-state index contributed by atoms with van der Waals surface area (Å²) in [5.74, 6) is 3.02. The van der Waals surface area contributed by atoms with Crippen LogP contribution in [0, 0.1) is 18.8 Å². The van der Waals surface area contributed by atoms with Crippen LogP contribution in [-0.4, -0.2) is 16.2 Å². The lowest BCUT2D eigenvalue weighted by molar-refractivity contribution is 0.220. The first-order valence-corrected chi connectivity index (χ1v) is 6.17. The van der Waals surface area contributed by atoms with Crippen LogP contribution < -0.4 is 5.32 Å². The molecule has 3 unspecified atom stereocenters. The average molecular weight is 223 g/mol. The molecule has 4 nitrogen and oxygen atoms in total. The number of aromatic nitrogens is 2. The average Bonchev–Trinajstić information content (AvgIpc) is 2.63. The van der Waals surface area contributed by atoms with Gasteiger partial charge in [0.15, 0.2) is 5.82 Å². The first-order chi connectivity index (χ1) is 7.65. The molecule has 1 aliphatic carbocycles. The summed E-state index contributed by atoms with van der Waals surface area (Å²) < 4.78 is 5.09. The zero-order valence-electron chi connectivity index (χ0n) is 10.4. The molecular weight excluding hydrogens is 202 g/mol. The van der Waals surface area contributed by atoms with Crippen molar-refractivity contribution in [2.24, 2.45) is 11.8 Å². The van der Waals surface area contributed by atoms with Crippen LogP contribution in [0.4, 0.5) is 0 Å². The molecule has 16 heavy (non-hydrogen) atoms. The second kappa shape index (κ2) is 4.95. The van der Waals surface area contributed by atoms with Gasteiger partial charge >= 0.3 is 0 Å². The highest BCUT2D eigenvalue weighted by Crippen LogP contribution is 2.28. The van der Waals surface area contributed by atoms with Crippen LogP contribution in [0.3, 0.4) is 0 Å². The Bertz CT molecular complexity index is 337. The Hall–Kier alpha value is -0.900. The third-order valence-corrected chi connectivity index (χ3v) is 3.52. The maximum Gasteiger partial charge on any atom is 0.240 e. The molecule has 1 fully saturated rings. The topological polar surface area (TPSA) is 51.0 Å². The molecule has 1 aliphatic rings. The van der Waals surface area contributed by atoms with E-state index in [2.05, 4.69) is 29.3 Å². The fourth-order valence-electron chi connectivity index (χ4n) is 2.60. The largest absolute Gasteiger partial charge is 0.338 e. The summed E-state index contributed by atoms with van der Waals surface area (Å²) in [5.41, 5.74) is 0. The van der Waals surface area contributed by atoms with Crippen LogP contribution in [0.1, 0.15) is 44.8 Å². The predicted octanol–water partition coefficient (Wildman–Crippen LogP) is 2.29. The Morgan fingerprint density at radius 2 is 2.19 bits per heavy atom. The standard InChI is InChI=1S/C12H21N3O/c1-8-4-5-11(9(2)6-8)13-7-12-14-10(3)15-16-12/h8-9,11,13H,4-7H2,1-3H3. The van der Waals surface area contributed by atoms with Crippen molar-refractivity contribution in [3.63, 3.8) is 0 Å². The van der Waals surface area contributed by atoms with Crippen LogP contribution in [0.5, 0.6) is 0 Å². The zero-order valence-corrected chi connectivity index (χ0v) is 10.4. The van der Waals surface area contributed by atoms with Gasteiger partial charge in [0.2, 0.25) is 5.89 Å². The fraction of sp³-hybridized carbons (Fsp3) is 0.833. The maximum atomic E-state index is 5.09. The van der Waals surface area contributed by atoms with Gasteiger partial charge in [0.25, 0.3) is 0 Å². The summed E-state index contributed by atoms with van der Waals surface area (Å²) in [6.07, 6.45) is 3.90. The molecule has 2 rings (SSSR count). The molecule has 1 N–H and O–H groups in total. The van der Waals surface area contributed by atoms with Crippen LogP contribution in [0.15, 0.2) is 4.52 Å². The minimum Gasteiger partial charge on any atom is -0.338 e. The third kappa shape index (κ3) is 2.82. The number of hydrogen-bond acceptors (Lipinski definition) is 4. The van der Waals surface area contributed by atoms with Gasteiger partial charge in [-0.1, -0.05) is 19.0 Å². The molecule has 0 radical (unpaired) electrons. The third-order valence-electron chi connectivity index (χ3n) is 3.52. The Balaban J connectivity index is 1.81. The van der Waals surface area contributed by atoms with Gasteiger partial charge in [0.1, 0.15) is 0 Å². The summed E-state index contributed by atoms with van der Waals surface area (Å²) >= 11 is 0. The lowest BCUT2D eigenvalue weighted by atomic mass is 9.80. The Labute approximate surface area is 96.8 Å². The van der Waals surface area contributed by atoms with Crippen LogP contribution in [0.25, 0.3) is 0 Å². The minimum atomic E-state index is 0.600. The smallest absolute Gasteiger partial charge is 0.240 e. The van der Waals surface area contributed by atoms with E-state index in [1.807, 2.05) is 6.92 Å². The van der Waals surface area contributed by atoms with E-state index < -0.39 is 0 Å². The van der Waals surface area contributed by atoms with E-state index in [1.54, 1.807) is 0 Å². The Morgan fingerprint density at radius 1 is 1.38 bits per heavy atom. The molecule has 0 amide bonds. The highest BCUT2D eigenvalue weighted by atomic mass is 16.5. The van der Waals surface area contributed by atoms with Gasteiger partial charge in [-0.25, -0.2) is 0 Å². The highest BCUT2D eigenvalue weighted by Gasteiger charge is 2.25. The zero-order chi connectivity index (χ0) is 11.5. The molecule has 0 bridgehead atoms. The van der Waals surface area contributed by atoms with Crippen molar-refractivity contribution in [1.82, 2.24) is 15.5 Å². The second-order valence-corrected chi connectivity index (χ2v) is 5.12. The van der Waals surface area contributed by atoms with Gasteiger partial charge in [0, 0.05) is 6.04 Å². The number of rotatable bonds is 3. The molecule has 1 saturated carbocycles. The van der Waals surface area contributed by atoms with Gasteiger partial charge in [0.05, 0.1) is 6.54 Å². The summed E-state index contributed by atoms with van der Waals surface area (Å²) in [6, 6.07) is 0.600. The van der Waals surface area contributed by atoms with Gasteiger partial charge in [-0.2, -0.15) is 4.98 Å². The Kier molecular flexibility index (Phi) is 3.59. The summed E-state index contributed by atoms with van der Waals surface area (Å²) in [5, 5.41) is 7.31. The normalized spacial score (nSPS) is 30.6. The van der Waals surface area contributed by atoms with Crippen molar-refractivity contribution in [3.05, 3.63) is 11.7 Å². The quantitative estimate of drug-likeness (QED) is 0.854. The van der Waals surface area contributed by atoms with Gasteiger partial charge in [-0.05, 0) is 38.0 Å². The molecule has 0 aromatic carbocycles. The molecular formula is C12H21N3O. The lowest BCUT2D eigenvalue weighted by Crippen LogP contribution is -2.38. The van der Waals surface area contributed by atoms with Crippen molar-refractivity contribution in [1.29, 1.82) is 0 Å². The second-order valence-electron chi connectivity index (χ2n) is 5.12. The van der Waals surface area contributed by atoms with E-state index in [1.165, 1.54) is 19.3 Å². The summed E-state index contributed by atoms with van der Waals surface area (Å²) in [6.45, 7) is 7.21. The first kappa shape index (κ1) is 11.6. The summed E-state index contributed by atoms with van der Waals surface area (Å²) in [7, 11) is 0. The van der Waals surface area contributed by atoms with E-state index in [-0.39, 0.29) is 0 Å². The molecule has 3 atom stereocenters. The van der Waals surface area contributed by atoms with Crippen LogP contribution in [-0.2, 0) is 6.54 Å². The van der Waals surface area contributed by atoms with Crippen molar-refractivity contribution in [2.75, 3.05) is 0 Å². The van der Waals surface area contributed by atoms with E-state index in [0.29, 0.717) is 24.3 Å². The first-order valence-electron chi connectivity index (χ1n) is 6.17. The molecule has 4 heteroatoms. The lowest BCUT2D eigenvalue weighted by Gasteiger charge is -2.32. The van der Waals surface area contributed by atoms with Gasteiger partial charge in [-0.3, -0.25) is 0 Å². The molecule has 0 saturated heterocycles. The maximum absolute atomic E-state index is 5.09. The SMILES string of the molecule is Cc1noc(CNC2CCC(C)CC2C)n1. The fourth-order valence-corrected chi connectivity index (χ4v) is 2.60. The summed E-state index contributed by atoms with van der Waals surface area (Å²) in [4.78, 5) is 4.19. The van der Waals surface area contributed by atoms with Crippen LogP contribution in [0.2, 0.25) is 0 Å². The molecule has 0 spiro atoms. The number of hydrogen-bond donors (Lipinski definition) is 1. The van der Waals surface area contributed by atoms with E-state index in [0.717, 1.165) is 11.8 Å². The Morgan fingerprint density at radius 3 is 2.81 bits per heavy atom. The number of nitrogens with zero attached hydrogens (tertiary/aromatic N) is 2. The van der Waals surface area contributed by atoms with E-state index in [9.17, 15) is 0 Å². The van der Waals surface area contributed by atoms with Crippen molar-refractivity contribution in [2.45, 2.75) is 52.6 Å². The molecule has 1 aromatic heterocycles. The molecule has 0 aliphatic heterocycles. The van der Waals surface area contributed by atoms with E-state index >= 15 is 0 Å². The van der Waals surface area contributed by atoms with Gasteiger partial charge < -0.3 is 9.84 Å². The molecule has 90 valence electrons. The van der Waals surface area contributed by atoms with Gasteiger partial charge in [-0.15, -0.1) is 0 Å². The minimum absolute atomic E-state index is 0.600. The van der Waals surface area contributed by atoms with Crippen LogP contribution >= 0.6 is 0 Å². The van der Waals surface area contributed by atoms with Crippen molar-refractivity contribution >= 4 is 0 Å². The molecule has 1 aromatic rings. The number of nitrogens with one attached hydrogen (secondary N) is 1. The van der Waals surface area contributed by atoms with Crippen molar-refractivity contribution in [3.8, 4) is 0 Å². The number of aryl methyl sites for hydroxylation is 1. The monoisotopic (exact) mass is 223 g/mol. The predicted molar refractivity (Wildman–Crippen MR) is 61.8 cm³/mol. The van der Waals surface area contributed by atoms with E-state index in [4.69, 9.17) is 4.52 Å². The molecule has 1 heterocycles. The highest BCUT2D eigenvalue weighted by molar-refractivity contribution is 4.86.